The van der Waals surface area contributed by atoms with Crippen LogP contribution in [0.2, 0.25) is 0 Å². The smallest absolute Gasteiger partial charge is 0.206 e. The molecular weight excluding hydrogens is 446 g/mol. The number of phenolic OH excluding ortho intramolecular Hbond substituents is 1. The molecule has 1 fully saturated rings. The van der Waals surface area contributed by atoms with Gasteiger partial charge in [0.25, 0.3) is 0 Å². The van der Waals surface area contributed by atoms with Crippen LogP contribution in [0.15, 0.2) is 73.2 Å². The zero-order valence-electron chi connectivity index (χ0n) is 19.2. The molecule has 0 bridgehead atoms. The summed E-state index contributed by atoms with van der Waals surface area (Å²) in [5.74, 6) is 0.991. The third-order valence-electron chi connectivity index (χ3n) is 6.15. The van der Waals surface area contributed by atoms with Crippen molar-refractivity contribution in [2.45, 2.75) is 12.3 Å². The van der Waals surface area contributed by atoms with Gasteiger partial charge in [0.05, 0.1) is 36.8 Å². The van der Waals surface area contributed by atoms with Crippen LogP contribution in [-0.4, -0.2) is 51.2 Å². The van der Waals surface area contributed by atoms with E-state index >= 15 is 0 Å². The molecule has 9 heteroatoms. The normalized spacial score (nSPS) is 17.2. The molecule has 35 heavy (non-hydrogen) atoms. The molecule has 0 spiro atoms. The van der Waals surface area contributed by atoms with E-state index in [0.717, 1.165) is 39.2 Å². The zero-order chi connectivity index (χ0) is 23.8. The summed E-state index contributed by atoms with van der Waals surface area (Å²) in [6.07, 6.45) is 5.63. The number of rotatable bonds is 9. The number of ether oxygens (including phenoxy) is 3. The predicted molar refractivity (Wildman–Crippen MR) is 131 cm³/mol. The van der Waals surface area contributed by atoms with Crippen molar-refractivity contribution in [1.29, 1.82) is 0 Å². The largest absolute Gasteiger partial charge is 0.508 e. The van der Waals surface area contributed by atoms with Gasteiger partial charge in [0.2, 0.25) is 5.72 Å². The van der Waals surface area contributed by atoms with Crippen molar-refractivity contribution in [2.75, 3.05) is 32.2 Å². The number of nitrogens with zero attached hydrogens (tertiary/aromatic N) is 4. The van der Waals surface area contributed by atoms with E-state index in [1.807, 2.05) is 70.1 Å². The molecule has 178 valence electrons. The first-order valence-electron chi connectivity index (χ1n) is 11.4. The fourth-order valence-corrected chi connectivity index (χ4v) is 4.33. The lowest BCUT2D eigenvalue weighted by molar-refractivity contribution is 0.146. The Morgan fingerprint density at radius 2 is 2.00 bits per heavy atom. The first kappa shape index (κ1) is 21.5. The molecule has 5 aromatic rings. The topological polar surface area (TPSA) is 98.4 Å². The van der Waals surface area contributed by atoms with Gasteiger partial charge in [-0.05, 0) is 35.9 Å². The monoisotopic (exact) mass is 471 g/mol. The third kappa shape index (κ3) is 4.05. The van der Waals surface area contributed by atoms with Crippen molar-refractivity contribution < 1.29 is 19.3 Å². The second-order valence-electron chi connectivity index (χ2n) is 8.53. The highest BCUT2D eigenvalue weighted by atomic mass is 16.6. The number of epoxide rings is 1. The number of aromatic hydroxyl groups is 1. The summed E-state index contributed by atoms with van der Waals surface area (Å²) in [7, 11) is 1.65. The van der Waals surface area contributed by atoms with Crippen LogP contribution in [-0.2, 0) is 21.7 Å². The van der Waals surface area contributed by atoms with E-state index in [2.05, 4.69) is 15.4 Å². The molecule has 1 unspecified atom stereocenters. The molecule has 4 heterocycles. The van der Waals surface area contributed by atoms with Crippen molar-refractivity contribution in [3.63, 3.8) is 0 Å². The van der Waals surface area contributed by atoms with E-state index in [4.69, 9.17) is 14.2 Å². The van der Waals surface area contributed by atoms with E-state index in [0.29, 0.717) is 26.4 Å². The Labute approximate surface area is 201 Å². The van der Waals surface area contributed by atoms with Gasteiger partial charge >= 0.3 is 0 Å². The van der Waals surface area contributed by atoms with Gasteiger partial charge in [-0.1, -0.05) is 18.2 Å². The summed E-state index contributed by atoms with van der Waals surface area (Å²) in [4.78, 5) is 4.57. The number of hydrogen-bond acceptors (Lipinski definition) is 7. The number of methoxy groups -OCH3 is 1. The number of imidazole rings is 1. The fraction of sp³-hybridized carbons (Fsp3) is 0.231. The fourth-order valence-electron chi connectivity index (χ4n) is 4.33. The van der Waals surface area contributed by atoms with Crippen LogP contribution in [0.3, 0.4) is 0 Å². The maximum Gasteiger partial charge on any atom is 0.206 e. The molecule has 2 aromatic carbocycles. The lowest BCUT2D eigenvalue weighted by Crippen LogP contribution is -2.22. The highest BCUT2D eigenvalue weighted by Crippen LogP contribution is 2.41. The molecule has 0 radical (unpaired) electrons. The van der Waals surface area contributed by atoms with Gasteiger partial charge in [-0.15, -0.1) is 0 Å². The van der Waals surface area contributed by atoms with Crippen molar-refractivity contribution in [3.8, 4) is 11.5 Å². The Kier molecular flexibility index (Phi) is 5.28. The maximum absolute atomic E-state index is 9.79. The highest BCUT2D eigenvalue weighted by Gasteiger charge is 2.49. The van der Waals surface area contributed by atoms with E-state index in [1.165, 1.54) is 0 Å². The summed E-state index contributed by atoms with van der Waals surface area (Å²) in [5.41, 5.74) is 3.93. The summed E-state index contributed by atoms with van der Waals surface area (Å²) in [6.45, 7) is 2.10. The third-order valence-corrected chi connectivity index (χ3v) is 6.15. The van der Waals surface area contributed by atoms with Crippen LogP contribution in [0.4, 0.5) is 5.69 Å². The number of pyridine rings is 1. The minimum absolute atomic E-state index is 0.246. The van der Waals surface area contributed by atoms with Gasteiger partial charge < -0.3 is 24.6 Å². The number of benzene rings is 2. The van der Waals surface area contributed by atoms with E-state index < -0.39 is 5.72 Å². The maximum atomic E-state index is 9.79. The van der Waals surface area contributed by atoms with Crippen molar-refractivity contribution in [3.05, 3.63) is 84.4 Å². The second kappa shape index (κ2) is 8.61. The van der Waals surface area contributed by atoms with Crippen LogP contribution in [0, 0.1) is 0 Å². The number of phenols is 1. The number of hydrogen-bond donors (Lipinski definition) is 2. The quantitative estimate of drug-likeness (QED) is 0.250. The first-order chi connectivity index (χ1) is 17.1. The molecule has 0 amide bonds. The van der Waals surface area contributed by atoms with Crippen molar-refractivity contribution >= 4 is 22.2 Å². The second-order valence-corrected chi connectivity index (χ2v) is 8.53. The molecule has 9 nitrogen and oxygen atoms in total. The molecule has 1 aliphatic rings. The Bertz CT molecular complexity index is 1500. The first-order valence-corrected chi connectivity index (χ1v) is 11.4. The lowest BCUT2D eigenvalue weighted by Gasteiger charge is -2.16. The molecule has 1 atom stereocenters. The Hall–Kier alpha value is -4.08. The van der Waals surface area contributed by atoms with Crippen LogP contribution >= 0.6 is 0 Å². The molecule has 0 saturated carbocycles. The number of nitrogens with one attached hydrogen (secondary N) is 1. The average Bonchev–Trinajstić information content (AvgIpc) is 3.31. The number of aromatic nitrogens is 4. The van der Waals surface area contributed by atoms with Gasteiger partial charge in [-0.2, -0.15) is 5.10 Å². The Morgan fingerprint density at radius 1 is 1.11 bits per heavy atom. The Balaban J connectivity index is 1.27. The van der Waals surface area contributed by atoms with Gasteiger partial charge in [0.15, 0.2) is 0 Å². The summed E-state index contributed by atoms with van der Waals surface area (Å²) in [5, 5.41) is 19.0. The van der Waals surface area contributed by atoms with Gasteiger partial charge in [0.1, 0.15) is 30.4 Å². The molecule has 6 rings (SSSR count). The van der Waals surface area contributed by atoms with Crippen molar-refractivity contribution in [1.82, 2.24) is 19.2 Å². The SMILES string of the molecule is COCCOc1ccn2c(C3(Nc4cccc5c4cnn5Cc4cccc(O)c4)CO3)cnc2c1. The van der Waals surface area contributed by atoms with Crippen LogP contribution < -0.4 is 10.1 Å². The van der Waals surface area contributed by atoms with Gasteiger partial charge in [0, 0.05) is 30.4 Å². The Morgan fingerprint density at radius 3 is 2.83 bits per heavy atom. The van der Waals surface area contributed by atoms with Crippen LogP contribution in [0.1, 0.15) is 11.3 Å². The van der Waals surface area contributed by atoms with E-state index in [9.17, 15) is 5.11 Å². The number of fused-ring (bicyclic) bond motifs is 2. The summed E-state index contributed by atoms with van der Waals surface area (Å²) < 4.78 is 20.6. The van der Waals surface area contributed by atoms with Crippen LogP contribution in [0.25, 0.3) is 16.6 Å². The summed E-state index contributed by atoms with van der Waals surface area (Å²) >= 11 is 0. The van der Waals surface area contributed by atoms with E-state index in [1.54, 1.807) is 19.2 Å². The molecule has 1 saturated heterocycles. The van der Waals surface area contributed by atoms with Crippen LogP contribution in [0.5, 0.6) is 11.5 Å². The van der Waals surface area contributed by atoms with Gasteiger partial charge in [-0.25, -0.2) is 4.98 Å². The average molecular weight is 472 g/mol. The lowest BCUT2D eigenvalue weighted by atomic mass is 10.1. The molecule has 3 aromatic heterocycles. The standard InChI is InChI=1S/C26H25N5O4/c1-33-10-11-34-20-8-9-30-24(15-27-25(30)13-20)26(17-35-26)29-22-6-3-7-23-21(22)14-28-31(23)16-18-4-2-5-19(32)12-18/h2-9,12-15,29,32H,10-11,16-17H2,1H3. The molecule has 1 aliphatic heterocycles. The van der Waals surface area contributed by atoms with Gasteiger partial charge in [-0.3, -0.25) is 9.08 Å². The molecule has 0 aliphatic carbocycles. The molecule has 2 N–H and O–H groups in total. The zero-order valence-corrected chi connectivity index (χ0v) is 19.2. The minimum atomic E-state index is -0.667. The van der Waals surface area contributed by atoms with Crippen molar-refractivity contribution in [2.24, 2.45) is 0 Å². The summed E-state index contributed by atoms with van der Waals surface area (Å²) in [6, 6.07) is 17.1. The van der Waals surface area contributed by atoms with E-state index in [-0.39, 0.29) is 5.75 Å². The predicted octanol–water partition coefficient (Wildman–Crippen LogP) is 3.76. The number of anilines is 1. The minimum Gasteiger partial charge on any atom is -0.508 e. The molecular formula is C26H25N5O4. The highest BCUT2D eigenvalue weighted by molar-refractivity contribution is 5.91.